The second kappa shape index (κ2) is 5.74. The van der Waals surface area contributed by atoms with Crippen LogP contribution in [-0.2, 0) is 9.53 Å². The van der Waals surface area contributed by atoms with Crippen LogP contribution in [0.5, 0.6) is 11.5 Å². The first-order valence-electron chi connectivity index (χ1n) is 4.66. The first-order chi connectivity index (χ1) is 8.17. The molecular formula is C11H12NO5. The van der Waals surface area contributed by atoms with Crippen molar-refractivity contribution in [1.29, 1.82) is 0 Å². The highest BCUT2D eigenvalue weighted by molar-refractivity contribution is 5.91. The SMILES string of the molecule is COC(=O)Nc1ccc([C]=O)c(OC)c1OC. The van der Waals surface area contributed by atoms with Crippen LogP contribution in [0.3, 0.4) is 0 Å². The molecule has 1 aromatic rings. The van der Waals surface area contributed by atoms with Crippen LogP contribution in [0.1, 0.15) is 5.56 Å². The van der Waals surface area contributed by atoms with E-state index in [1.165, 1.54) is 33.5 Å². The molecule has 1 aromatic carbocycles. The molecule has 0 aromatic heterocycles. The van der Waals surface area contributed by atoms with Crippen LogP contribution >= 0.6 is 0 Å². The summed E-state index contributed by atoms with van der Waals surface area (Å²) in [7, 11) is 4.03. The molecule has 1 amide bonds. The molecule has 0 heterocycles. The summed E-state index contributed by atoms with van der Waals surface area (Å²) >= 11 is 0. The molecule has 0 atom stereocenters. The van der Waals surface area contributed by atoms with Crippen LogP contribution in [0, 0.1) is 0 Å². The van der Waals surface area contributed by atoms with Gasteiger partial charge in [0, 0.05) is 0 Å². The molecule has 0 saturated carbocycles. The van der Waals surface area contributed by atoms with Gasteiger partial charge < -0.3 is 14.2 Å². The van der Waals surface area contributed by atoms with E-state index in [1.807, 2.05) is 0 Å². The molecule has 0 aliphatic heterocycles. The Morgan fingerprint density at radius 1 is 1.18 bits per heavy atom. The molecular weight excluding hydrogens is 226 g/mol. The highest BCUT2D eigenvalue weighted by Crippen LogP contribution is 2.37. The van der Waals surface area contributed by atoms with Crippen LogP contribution in [-0.4, -0.2) is 33.7 Å². The van der Waals surface area contributed by atoms with Gasteiger partial charge in [-0.1, -0.05) is 0 Å². The van der Waals surface area contributed by atoms with Gasteiger partial charge in [-0.3, -0.25) is 10.1 Å². The van der Waals surface area contributed by atoms with Gasteiger partial charge in [-0.25, -0.2) is 4.79 Å². The van der Waals surface area contributed by atoms with Gasteiger partial charge in [-0.05, 0) is 12.1 Å². The van der Waals surface area contributed by atoms with Crippen LogP contribution < -0.4 is 14.8 Å². The number of nitrogens with one attached hydrogen (secondary N) is 1. The van der Waals surface area contributed by atoms with Crippen LogP contribution in [0.25, 0.3) is 0 Å². The van der Waals surface area contributed by atoms with E-state index in [-0.39, 0.29) is 17.1 Å². The van der Waals surface area contributed by atoms with Crippen LogP contribution in [0.15, 0.2) is 12.1 Å². The molecule has 0 aliphatic rings. The van der Waals surface area contributed by atoms with Crippen molar-refractivity contribution in [2.45, 2.75) is 0 Å². The number of carbonyl (C=O) groups is 1. The summed E-state index contributed by atoms with van der Waals surface area (Å²) in [6.45, 7) is 0. The van der Waals surface area contributed by atoms with Gasteiger partial charge in [0.05, 0.1) is 32.6 Å². The molecule has 0 spiro atoms. The summed E-state index contributed by atoms with van der Waals surface area (Å²) in [6.07, 6.45) is 1.07. The summed E-state index contributed by atoms with van der Waals surface area (Å²) < 4.78 is 14.6. The third-order valence-electron chi connectivity index (χ3n) is 2.05. The van der Waals surface area contributed by atoms with E-state index >= 15 is 0 Å². The van der Waals surface area contributed by atoms with Gasteiger partial charge in [-0.2, -0.15) is 0 Å². The van der Waals surface area contributed by atoms with Gasteiger partial charge in [0.2, 0.25) is 6.29 Å². The lowest BCUT2D eigenvalue weighted by molar-refractivity contribution is 0.186. The fourth-order valence-corrected chi connectivity index (χ4v) is 1.31. The van der Waals surface area contributed by atoms with E-state index < -0.39 is 6.09 Å². The molecule has 1 rings (SSSR count). The Hall–Kier alpha value is -2.24. The van der Waals surface area contributed by atoms with Crippen molar-refractivity contribution in [2.24, 2.45) is 0 Å². The average Bonchev–Trinajstić information content (AvgIpc) is 2.37. The maximum absolute atomic E-state index is 11.1. The van der Waals surface area contributed by atoms with Crippen LogP contribution in [0.4, 0.5) is 10.5 Å². The number of methoxy groups -OCH3 is 3. The topological polar surface area (TPSA) is 73.9 Å². The smallest absolute Gasteiger partial charge is 0.411 e. The Morgan fingerprint density at radius 2 is 1.82 bits per heavy atom. The second-order valence-electron chi connectivity index (χ2n) is 2.95. The minimum atomic E-state index is -0.645. The average molecular weight is 238 g/mol. The van der Waals surface area contributed by atoms with Crippen LogP contribution in [0.2, 0.25) is 0 Å². The number of hydrogen-bond acceptors (Lipinski definition) is 5. The predicted octanol–water partition coefficient (Wildman–Crippen LogP) is 1.34. The Balaban J connectivity index is 3.23. The highest BCUT2D eigenvalue weighted by atomic mass is 16.5. The molecule has 17 heavy (non-hydrogen) atoms. The van der Waals surface area contributed by atoms with Crippen molar-refractivity contribution in [3.05, 3.63) is 17.7 Å². The standard InChI is InChI=1S/C11H12NO5/c1-15-9-7(6-13)4-5-8(10(9)16-2)12-11(14)17-3/h4-5H,1-3H3,(H,12,14). The number of carbonyl (C=O) groups excluding carboxylic acids is 2. The minimum Gasteiger partial charge on any atom is -0.492 e. The Bertz CT molecular complexity index is 430. The zero-order valence-corrected chi connectivity index (χ0v) is 9.70. The summed E-state index contributed by atoms with van der Waals surface area (Å²) in [5.41, 5.74) is 0.551. The van der Waals surface area contributed by atoms with E-state index in [9.17, 15) is 9.59 Å². The number of amides is 1. The Labute approximate surface area is 98.5 Å². The summed E-state index contributed by atoms with van der Waals surface area (Å²) in [6, 6.07) is 2.96. The maximum atomic E-state index is 11.1. The third kappa shape index (κ3) is 2.66. The van der Waals surface area contributed by atoms with Crippen molar-refractivity contribution in [3.8, 4) is 11.5 Å². The molecule has 0 aliphatic carbocycles. The molecule has 0 unspecified atom stereocenters. The quantitative estimate of drug-likeness (QED) is 0.856. The lowest BCUT2D eigenvalue weighted by atomic mass is 10.1. The van der Waals surface area contributed by atoms with Crippen molar-refractivity contribution in [2.75, 3.05) is 26.6 Å². The van der Waals surface area contributed by atoms with Gasteiger partial charge in [0.25, 0.3) is 0 Å². The van der Waals surface area contributed by atoms with E-state index in [2.05, 4.69) is 10.1 Å². The molecule has 0 bridgehead atoms. The second-order valence-corrected chi connectivity index (χ2v) is 2.95. The number of rotatable bonds is 4. The van der Waals surface area contributed by atoms with E-state index in [4.69, 9.17) is 9.47 Å². The lowest BCUT2D eigenvalue weighted by Crippen LogP contribution is -2.12. The number of benzene rings is 1. The molecule has 1 radical (unpaired) electrons. The minimum absolute atomic E-state index is 0.205. The summed E-state index contributed by atoms with van der Waals surface area (Å²) in [5, 5.41) is 2.44. The Kier molecular flexibility index (Phi) is 4.33. The molecule has 6 nitrogen and oxygen atoms in total. The molecule has 0 saturated heterocycles. The zero-order valence-electron chi connectivity index (χ0n) is 9.70. The van der Waals surface area contributed by atoms with Crippen molar-refractivity contribution in [1.82, 2.24) is 0 Å². The Morgan fingerprint density at radius 3 is 2.29 bits per heavy atom. The van der Waals surface area contributed by atoms with Gasteiger partial charge >= 0.3 is 6.09 Å². The first-order valence-corrected chi connectivity index (χ1v) is 4.66. The lowest BCUT2D eigenvalue weighted by Gasteiger charge is -2.14. The fourth-order valence-electron chi connectivity index (χ4n) is 1.31. The molecule has 0 fully saturated rings. The fraction of sp³-hybridized carbons (Fsp3) is 0.273. The molecule has 91 valence electrons. The van der Waals surface area contributed by atoms with Gasteiger partial charge in [0.15, 0.2) is 11.5 Å². The molecule has 1 N–H and O–H groups in total. The van der Waals surface area contributed by atoms with Crippen molar-refractivity contribution in [3.63, 3.8) is 0 Å². The predicted molar refractivity (Wildman–Crippen MR) is 60.4 cm³/mol. The summed E-state index contributed by atoms with van der Waals surface area (Å²) in [4.78, 5) is 21.8. The monoisotopic (exact) mass is 238 g/mol. The number of hydrogen-bond donors (Lipinski definition) is 1. The number of anilines is 1. The van der Waals surface area contributed by atoms with E-state index in [1.54, 1.807) is 6.29 Å². The highest BCUT2D eigenvalue weighted by Gasteiger charge is 2.16. The van der Waals surface area contributed by atoms with E-state index in [0.29, 0.717) is 5.69 Å². The van der Waals surface area contributed by atoms with E-state index in [0.717, 1.165) is 0 Å². The zero-order chi connectivity index (χ0) is 12.8. The van der Waals surface area contributed by atoms with Crippen molar-refractivity contribution >= 4 is 18.1 Å². The number of ether oxygens (including phenoxy) is 3. The normalized spacial score (nSPS) is 9.35. The first kappa shape index (κ1) is 12.8. The maximum Gasteiger partial charge on any atom is 0.411 e. The van der Waals surface area contributed by atoms with Gasteiger partial charge in [-0.15, -0.1) is 0 Å². The third-order valence-corrected chi connectivity index (χ3v) is 2.05. The molecule has 6 heteroatoms. The van der Waals surface area contributed by atoms with Crippen molar-refractivity contribution < 1.29 is 23.8 Å². The van der Waals surface area contributed by atoms with Gasteiger partial charge in [0.1, 0.15) is 0 Å². The summed E-state index contributed by atoms with van der Waals surface area (Å²) in [5.74, 6) is 0.440. The largest absolute Gasteiger partial charge is 0.492 e.